The van der Waals surface area contributed by atoms with E-state index in [9.17, 15) is 9.59 Å². The first-order chi connectivity index (χ1) is 26.8. The summed E-state index contributed by atoms with van der Waals surface area (Å²) in [4.78, 5) is 60.8. The maximum absolute atomic E-state index is 13.1. The number of nitrogens with one attached hydrogen (secondary N) is 1. The lowest BCUT2D eigenvalue weighted by molar-refractivity contribution is -0.138. The molecule has 17 heteroatoms. The summed E-state index contributed by atoms with van der Waals surface area (Å²) >= 11 is 9.55. The van der Waals surface area contributed by atoms with Crippen molar-refractivity contribution in [2.24, 2.45) is 11.8 Å². The Labute approximate surface area is 331 Å². The molecule has 1 N–H and O–H groups in total. The van der Waals surface area contributed by atoms with Gasteiger partial charge in [-0.25, -0.2) is 29.4 Å². The zero-order chi connectivity index (χ0) is 37.6. The summed E-state index contributed by atoms with van der Waals surface area (Å²) in [5, 5.41) is 10.1. The van der Waals surface area contributed by atoms with Gasteiger partial charge in [0.1, 0.15) is 45.4 Å². The van der Waals surface area contributed by atoms with Crippen LogP contribution in [-0.4, -0.2) is 119 Å². The Morgan fingerprint density at radius 2 is 1.31 bits per heavy atom. The van der Waals surface area contributed by atoms with Crippen molar-refractivity contribution in [1.29, 1.82) is 0 Å². The minimum atomic E-state index is 0.156. The van der Waals surface area contributed by atoms with Gasteiger partial charge in [0.15, 0.2) is 0 Å². The maximum atomic E-state index is 13.1. The van der Waals surface area contributed by atoms with Gasteiger partial charge >= 0.3 is 0 Å². The number of halogens is 1. The van der Waals surface area contributed by atoms with E-state index in [2.05, 4.69) is 59.2 Å². The Bertz CT molecular complexity index is 2380. The molecule has 0 saturated carbocycles. The van der Waals surface area contributed by atoms with E-state index in [1.165, 1.54) is 27.2 Å². The lowest BCUT2D eigenvalue weighted by Crippen LogP contribution is -2.43. The van der Waals surface area contributed by atoms with Crippen LogP contribution in [0.3, 0.4) is 0 Å². The number of thiophene rings is 2. The number of likely N-dealkylation sites (tertiary alicyclic amines) is 2. The third kappa shape index (κ3) is 7.26. The number of hydrogen-bond donors (Lipinski definition) is 1. The summed E-state index contributed by atoms with van der Waals surface area (Å²) in [6.45, 7) is 6.92. The van der Waals surface area contributed by atoms with Crippen LogP contribution in [0.5, 0.6) is 0 Å². The highest BCUT2D eigenvalue weighted by Crippen LogP contribution is 2.39. The number of nitrogens with zero attached hydrogens (tertiary/aromatic N) is 11. The van der Waals surface area contributed by atoms with E-state index in [1.54, 1.807) is 46.0 Å². The number of carbonyl (C=O) groups is 2. The lowest BCUT2D eigenvalue weighted by atomic mass is 9.94. The van der Waals surface area contributed by atoms with Crippen LogP contribution < -0.4 is 5.32 Å². The number of amides is 2. The zero-order valence-corrected chi connectivity index (χ0v) is 33.3. The summed E-state index contributed by atoms with van der Waals surface area (Å²) in [6, 6.07) is 3.88. The van der Waals surface area contributed by atoms with Crippen LogP contribution in [-0.2, 0) is 35.5 Å². The van der Waals surface area contributed by atoms with Gasteiger partial charge in [0.05, 0.1) is 35.6 Å². The molecule has 6 aromatic rings. The van der Waals surface area contributed by atoms with Gasteiger partial charge in [0, 0.05) is 40.7 Å². The average Bonchev–Trinajstić information content (AvgIpc) is 3.93. The number of rotatable bonds is 4. The van der Waals surface area contributed by atoms with Crippen LogP contribution in [0.25, 0.3) is 25.9 Å². The van der Waals surface area contributed by atoms with Crippen LogP contribution in [0.2, 0.25) is 5.15 Å². The van der Waals surface area contributed by atoms with Gasteiger partial charge in [0.2, 0.25) is 11.8 Å². The van der Waals surface area contributed by atoms with Gasteiger partial charge in [-0.3, -0.25) is 9.59 Å². The minimum Gasteiger partial charge on any atom is -0.337 e. The molecule has 286 valence electrons. The predicted molar refractivity (Wildman–Crippen MR) is 215 cm³/mol. The standard InChI is InChI=1S/C22H24N8OS.C16H19ClN4OS/c1-28-7-3-14(4-8-28)22(31)29-9-5-16-17(11-29)32-21-19(16)20(23-12-24-21)27-18-10-15-2-6-26-30(15)13-25-18;1-20-5-2-10(3-6-20)16(22)21-7-4-11-12(8-21)23-15-13(11)14(17)18-9-19-15/h2,6,10,12-14H,3-5,7-9,11H2,1H3,(H,23,24,27);9-10H,2-8H2,1H3. The predicted octanol–water partition coefficient (Wildman–Crippen LogP) is 5.28. The molecule has 0 unspecified atom stereocenters. The normalized spacial score (nSPS) is 18.7. The molecule has 10 heterocycles. The fourth-order valence-corrected chi connectivity index (χ4v) is 11.0. The van der Waals surface area contributed by atoms with Crippen molar-refractivity contribution in [2.45, 2.75) is 51.6 Å². The second-order valence-electron chi connectivity index (χ2n) is 15.0. The molecule has 0 atom stereocenters. The summed E-state index contributed by atoms with van der Waals surface area (Å²) < 4.78 is 1.73. The minimum absolute atomic E-state index is 0.156. The van der Waals surface area contributed by atoms with E-state index in [1.807, 2.05) is 21.9 Å². The summed E-state index contributed by atoms with van der Waals surface area (Å²) in [6.07, 6.45) is 12.1. The highest BCUT2D eigenvalue weighted by Gasteiger charge is 2.33. The molecule has 4 aliphatic rings. The Hall–Kier alpha value is -4.35. The van der Waals surface area contributed by atoms with Crippen molar-refractivity contribution >= 4 is 83.7 Å². The number of aromatic nitrogens is 7. The summed E-state index contributed by atoms with van der Waals surface area (Å²) in [5.41, 5.74) is 3.46. The first kappa shape index (κ1) is 36.3. The molecular formula is C38H43ClN12O2S2. The summed E-state index contributed by atoms with van der Waals surface area (Å²) in [7, 11) is 4.25. The molecule has 2 amide bonds. The van der Waals surface area contributed by atoms with E-state index in [0.717, 1.165) is 110 Å². The molecule has 6 aromatic heterocycles. The van der Waals surface area contributed by atoms with E-state index in [4.69, 9.17) is 11.6 Å². The van der Waals surface area contributed by atoms with Crippen LogP contribution >= 0.6 is 34.3 Å². The van der Waals surface area contributed by atoms with Crippen molar-refractivity contribution in [1.82, 2.24) is 54.1 Å². The fourth-order valence-electron chi connectivity index (χ4n) is 8.33. The number of hydrogen-bond acceptors (Lipinski definition) is 13. The molecular weight excluding hydrogens is 756 g/mol. The van der Waals surface area contributed by atoms with E-state index in [0.29, 0.717) is 35.9 Å². The first-order valence-electron chi connectivity index (χ1n) is 19.0. The molecule has 0 spiro atoms. The van der Waals surface area contributed by atoms with Crippen molar-refractivity contribution < 1.29 is 9.59 Å². The van der Waals surface area contributed by atoms with Crippen LogP contribution in [0.1, 0.15) is 46.6 Å². The second kappa shape index (κ2) is 15.3. The quantitative estimate of drug-likeness (QED) is 0.233. The Morgan fingerprint density at radius 1 is 0.745 bits per heavy atom. The van der Waals surface area contributed by atoms with Gasteiger partial charge in [-0.05, 0) is 96.0 Å². The molecule has 2 saturated heterocycles. The highest BCUT2D eigenvalue weighted by atomic mass is 35.5. The number of carbonyl (C=O) groups excluding carboxylic acids is 2. The molecule has 0 aromatic carbocycles. The molecule has 14 nitrogen and oxygen atoms in total. The number of piperidine rings is 2. The molecule has 55 heavy (non-hydrogen) atoms. The molecule has 2 fully saturated rings. The van der Waals surface area contributed by atoms with E-state index >= 15 is 0 Å². The average molecular weight is 799 g/mol. The number of anilines is 2. The lowest BCUT2D eigenvalue weighted by Gasteiger charge is -2.34. The van der Waals surface area contributed by atoms with Crippen molar-refractivity contribution in [3.63, 3.8) is 0 Å². The van der Waals surface area contributed by atoms with Crippen molar-refractivity contribution in [3.8, 4) is 0 Å². The molecule has 0 bridgehead atoms. The van der Waals surface area contributed by atoms with Gasteiger partial charge in [-0.1, -0.05) is 11.6 Å². The third-order valence-electron chi connectivity index (χ3n) is 11.5. The van der Waals surface area contributed by atoms with Crippen LogP contribution in [0.15, 0.2) is 37.3 Å². The largest absolute Gasteiger partial charge is 0.337 e. The third-order valence-corrected chi connectivity index (χ3v) is 14.1. The number of fused-ring (bicyclic) bond motifs is 7. The van der Waals surface area contributed by atoms with Crippen molar-refractivity contribution in [2.75, 3.05) is 58.7 Å². The van der Waals surface area contributed by atoms with E-state index < -0.39 is 0 Å². The Balaban J connectivity index is 0.000000153. The summed E-state index contributed by atoms with van der Waals surface area (Å²) in [5.74, 6) is 2.45. The second-order valence-corrected chi connectivity index (χ2v) is 17.6. The Kier molecular flexibility index (Phi) is 10.1. The molecule has 10 rings (SSSR count). The van der Waals surface area contributed by atoms with Crippen LogP contribution in [0, 0.1) is 11.8 Å². The van der Waals surface area contributed by atoms with Crippen molar-refractivity contribution in [3.05, 3.63) is 63.3 Å². The smallest absolute Gasteiger partial charge is 0.226 e. The zero-order valence-electron chi connectivity index (χ0n) is 30.9. The molecule has 0 radical (unpaired) electrons. The SMILES string of the molecule is CN1CCC(C(=O)N2CCc3c(sc4ncnc(Cl)c34)C2)CC1.CN1CCC(C(=O)N2CCc3c(sc4ncnc(Nc5cc6ccnn6cn5)c34)C2)CC1. The monoisotopic (exact) mass is 798 g/mol. The molecule has 4 aliphatic heterocycles. The first-order valence-corrected chi connectivity index (χ1v) is 21.0. The topological polar surface area (TPSA) is 141 Å². The van der Waals surface area contributed by atoms with E-state index in [-0.39, 0.29) is 11.8 Å². The maximum Gasteiger partial charge on any atom is 0.226 e. The molecule has 0 aliphatic carbocycles. The Morgan fingerprint density at radius 3 is 1.93 bits per heavy atom. The fraction of sp³-hybridized carbons (Fsp3) is 0.474. The van der Waals surface area contributed by atoms with Gasteiger partial charge in [0.25, 0.3) is 0 Å². The van der Waals surface area contributed by atoms with Gasteiger partial charge in [-0.15, -0.1) is 22.7 Å². The highest BCUT2D eigenvalue weighted by molar-refractivity contribution is 7.19. The van der Waals surface area contributed by atoms with Crippen LogP contribution in [0.4, 0.5) is 11.6 Å². The van der Waals surface area contributed by atoms with Gasteiger partial charge in [-0.2, -0.15) is 5.10 Å². The van der Waals surface area contributed by atoms with Gasteiger partial charge < -0.3 is 24.9 Å².